The van der Waals surface area contributed by atoms with Crippen LogP contribution in [0.15, 0.2) is 53.3 Å². The molecule has 0 bridgehead atoms. The van der Waals surface area contributed by atoms with E-state index in [0.717, 1.165) is 10.9 Å². The van der Waals surface area contributed by atoms with Crippen molar-refractivity contribution < 1.29 is 9.18 Å². The highest BCUT2D eigenvalue weighted by atomic mass is 19.1. The van der Waals surface area contributed by atoms with E-state index in [2.05, 4.69) is 10.3 Å². The van der Waals surface area contributed by atoms with Crippen molar-refractivity contribution in [1.29, 1.82) is 0 Å². The van der Waals surface area contributed by atoms with Crippen LogP contribution in [-0.2, 0) is 17.8 Å². The molecule has 0 radical (unpaired) electrons. The molecule has 0 aliphatic heterocycles. The minimum Gasteiger partial charge on any atom is -0.352 e. The summed E-state index contributed by atoms with van der Waals surface area (Å²) < 4.78 is 14.1. The monoisotopic (exact) mass is 324 g/mol. The molecule has 0 atom stereocenters. The van der Waals surface area contributed by atoms with E-state index in [1.807, 2.05) is 30.3 Å². The molecule has 122 valence electrons. The molecule has 2 aromatic carbocycles. The summed E-state index contributed by atoms with van der Waals surface area (Å²) >= 11 is 0. The summed E-state index contributed by atoms with van der Waals surface area (Å²) in [6.45, 7) is 1.54. The van der Waals surface area contributed by atoms with Gasteiger partial charge in [-0.1, -0.05) is 30.3 Å². The largest absolute Gasteiger partial charge is 0.352 e. The van der Waals surface area contributed by atoms with Gasteiger partial charge in [-0.2, -0.15) is 0 Å². The van der Waals surface area contributed by atoms with E-state index in [9.17, 15) is 14.0 Å². The van der Waals surface area contributed by atoms with Gasteiger partial charge >= 0.3 is 0 Å². The second-order valence-electron chi connectivity index (χ2n) is 5.72. The number of aromatic amines is 1. The maximum atomic E-state index is 14.1. The third-order valence-corrected chi connectivity index (χ3v) is 3.87. The lowest BCUT2D eigenvalue weighted by molar-refractivity contribution is -0.119. The highest BCUT2D eigenvalue weighted by Crippen LogP contribution is 2.15. The zero-order valence-electron chi connectivity index (χ0n) is 13.2. The third-order valence-electron chi connectivity index (χ3n) is 3.87. The summed E-state index contributed by atoms with van der Waals surface area (Å²) in [5.41, 5.74) is 2.32. The normalized spacial score (nSPS) is 10.8. The van der Waals surface area contributed by atoms with E-state index in [0.29, 0.717) is 23.1 Å². The number of pyridine rings is 1. The molecule has 24 heavy (non-hydrogen) atoms. The van der Waals surface area contributed by atoms with Gasteiger partial charge in [0.15, 0.2) is 0 Å². The van der Waals surface area contributed by atoms with Crippen molar-refractivity contribution in [3.63, 3.8) is 0 Å². The van der Waals surface area contributed by atoms with Crippen LogP contribution in [0.1, 0.15) is 23.6 Å². The Kier molecular flexibility index (Phi) is 4.42. The van der Waals surface area contributed by atoms with E-state index >= 15 is 0 Å². The summed E-state index contributed by atoms with van der Waals surface area (Å²) in [7, 11) is 0. The Hall–Kier alpha value is -2.95. The second-order valence-corrected chi connectivity index (χ2v) is 5.72. The Labute approximate surface area is 138 Å². The second kappa shape index (κ2) is 6.66. The van der Waals surface area contributed by atoms with Gasteiger partial charge < -0.3 is 10.3 Å². The Morgan fingerprint density at radius 2 is 1.92 bits per heavy atom. The number of fused-ring (bicyclic) bond motifs is 1. The minimum atomic E-state index is -0.390. The van der Waals surface area contributed by atoms with Crippen LogP contribution in [0.2, 0.25) is 0 Å². The van der Waals surface area contributed by atoms with Crippen molar-refractivity contribution in [2.75, 3.05) is 0 Å². The number of halogens is 1. The summed E-state index contributed by atoms with van der Waals surface area (Å²) in [6, 6.07) is 14.2. The van der Waals surface area contributed by atoms with Crippen molar-refractivity contribution >= 4 is 16.8 Å². The fourth-order valence-corrected chi connectivity index (χ4v) is 2.61. The molecule has 0 aliphatic rings. The minimum absolute atomic E-state index is 0.151. The quantitative estimate of drug-likeness (QED) is 0.775. The van der Waals surface area contributed by atoms with Crippen molar-refractivity contribution in [3.8, 4) is 0 Å². The first-order valence-electron chi connectivity index (χ1n) is 7.65. The maximum absolute atomic E-state index is 14.1. The summed E-state index contributed by atoms with van der Waals surface area (Å²) in [6.07, 6.45) is 0.345. The lowest BCUT2D eigenvalue weighted by atomic mass is 10.0. The van der Waals surface area contributed by atoms with Crippen LogP contribution in [0.3, 0.4) is 0 Å². The SMILES string of the molecule is CC(=O)NCc1ccc(Cc2cc3ccccc3[nH]c2=O)cc1F. The summed E-state index contributed by atoms with van der Waals surface area (Å²) in [5, 5.41) is 3.51. The Morgan fingerprint density at radius 1 is 1.12 bits per heavy atom. The van der Waals surface area contributed by atoms with Gasteiger partial charge in [0.25, 0.3) is 5.56 Å². The molecule has 0 spiro atoms. The number of benzene rings is 2. The molecule has 3 aromatic rings. The van der Waals surface area contributed by atoms with Crippen LogP contribution in [0, 0.1) is 5.82 Å². The Balaban J connectivity index is 1.86. The van der Waals surface area contributed by atoms with Crippen LogP contribution in [-0.4, -0.2) is 10.9 Å². The Morgan fingerprint density at radius 3 is 2.67 bits per heavy atom. The maximum Gasteiger partial charge on any atom is 0.251 e. The summed E-state index contributed by atoms with van der Waals surface area (Å²) in [5.74, 6) is -0.598. The molecule has 3 rings (SSSR count). The first kappa shape index (κ1) is 15.9. The fourth-order valence-electron chi connectivity index (χ4n) is 2.61. The van der Waals surface area contributed by atoms with Crippen LogP contribution in [0.5, 0.6) is 0 Å². The smallest absolute Gasteiger partial charge is 0.251 e. The van der Waals surface area contributed by atoms with Gasteiger partial charge in [0.05, 0.1) is 0 Å². The molecule has 2 N–H and O–H groups in total. The number of H-pyrrole nitrogens is 1. The van der Waals surface area contributed by atoms with E-state index in [1.54, 1.807) is 12.1 Å². The number of carbonyl (C=O) groups excluding carboxylic acids is 1. The molecule has 5 heteroatoms. The highest BCUT2D eigenvalue weighted by molar-refractivity contribution is 5.78. The number of rotatable bonds is 4. The molecule has 0 aliphatic carbocycles. The van der Waals surface area contributed by atoms with Crippen molar-refractivity contribution in [3.05, 3.63) is 81.4 Å². The number of hydrogen-bond acceptors (Lipinski definition) is 2. The molecule has 0 saturated heterocycles. The predicted octanol–water partition coefficient (Wildman–Crippen LogP) is 2.89. The molecular formula is C19H17FN2O2. The van der Waals surface area contributed by atoms with Gasteiger partial charge in [0, 0.05) is 36.5 Å². The van der Waals surface area contributed by atoms with E-state index in [4.69, 9.17) is 0 Å². The van der Waals surface area contributed by atoms with E-state index in [1.165, 1.54) is 13.0 Å². The zero-order chi connectivity index (χ0) is 17.1. The van der Waals surface area contributed by atoms with Gasteiger partial charge in [-0.25, -0.2) is 4.39 Å². The number of aromatic nitrogens is 1. The molecule has 0 saturated carbocycles. The molecule has 1 amide bonds. The van der Waals surface area contributed by atoms with Crippen LogP contribution in [0.4, 0.5) is 4.39 Å². The lowest BCUT2D eigenvalue weighted by Crippen LogP contribution is -2.19. The number of carbonyl (C=O) groups is 1. The van der Waals surface area contributed by atoms with E-state index < -0.39 is 5.82 Å². The number of nitrogens with one attached hydrogen (secondary N) is 2. The average Bonchev–Trinajstić information content (AvgIpc) is 2.54. The van der Waals surface area contributed by atoms with Gasteiger partial charge in [-0.05, 0) is 29.1 Å². The average molecular weight is 324 g/mol. The van der Waals surface area contributed by atoms with Crippen molar-refractivity contribution in [2.45, 2.75) is 19.9 Å². The van der Waals surface area contributed by atoms with Gasteiger partial charge in [-0.15, -0.1) is 0 Å². The zero-order valence-corrected chi connectivity index (χ0v) is 13.2. The fraction of sp³-hybridized carbons (Fsp3) is 0.158. The van der Waals surface area contributed by atoms with Crippen LogP contribution >= 0.6 is 0 Å². The Bertz CT molecular complexity index is 963. The predicted molar refractivity (Wildman–Crippen MR) is 91.3 cm³/mol. The van der Waals surface area contributed by atoms with Gasteiger partial charge in [0.1, 0.15) is 5.82 Å². The van der Waals surface area contributed by atoms with Crippen molar-refractivity contribution in [1.82, 2.24) is 10.3 Å². The lowest BCUT2D eigenvalue weighted by Gasteiger charge is -2.07. The number of amides is 1. The molecule has 0 unspecified atom stereocenters. The number of hydrogen-bond donors (Lipinski definition) is 2. The molecule has 1 aromatic heterocycles. The first-order chi connectivity index (χ1) is 11.5. The molecular weight excluding hydrogens is 307 g/mol. The van der Waals surface area contributed by atoms with E-state index in [-0.39, 0.29) is 18.0 Å². The summed E-state index contributed by atoms with van der Waals surface area (Å²) in [4.78, 5) is 25.9. The molecule has 0 fully saturated rings. The molecule has 4 nitrogen and oxygen atoms in total. The standard InChI is InChI=1S/C19H17FN2O2/c1-12(23)21-11-15-7-6-13(9-17(15)20)8-16-10-14-4-2-3-5-18(14)22-19(16)24/h2-7,9-10H,8,11H2,1H3,(H,21,23)(H,22,24). The van der Waals surface area contributed by atoms with Gasteiger partial charge in [0.2, 0.25) is 5.91 Å². The third kappa shape index (κ3) is 3.51. The van der Waals surface area contributed by atoms with Gasteiger partial charge in [-0.3, -0.25) is 9.59 Å². The highest BCUT2D eigenvalue weighted by Gasteiger charge is 2.08. The topological polar surface area (TPSA) is 62.0 Å². The van der Waals surface area contributed by atoms with Crippen LogP contribution in [0.25, 0.3) is 10.9 Å². The number of para-hydroxylation sites is 1. The first-order valence-corrected chi connectivity index (χ1v) is 7.65. The van der Waals surface area contributed by atoms with Crippen LogP contribution < -0.4 is 10.9 Å². The molecule has 1 heterocycles. The van der Waals surface area contributed by atoms with Crippen molar-refractivity contribution in [2.24, 2.45) is 0 Å².